The Hall–Kier alpha value is -4.66. The molecule has 9 nitrogen and oxygen atoms in total. The van der Waals surface area contributed by atoms with Crippen LogP contribution in [0.15, 0.2) is 63.8 Å². The highest BCUT2D eigenvalue weighted by molar-refractivity contribution is 5.94. The first-order chi connectivity index (χ1) is 17.3. The molecule has 0 saturated carbocycles. The van der Waals surface area contributed by atoms with Gasteiger partial charge in [-0.3, -0.25) is 9.59 Å². The van der Waals surface area contributed by atoms with Crippen LogP contribution in [0.3, 0.4) is 0 Å². The maximum atomic E-state index is 13.1. The minimum atomic E-state index is -1.04. The first kappa shape index (κ1) is 24.5. The van der Waals surface area contributed by atoms with E-state index in [2.05, 4.69) is 0 Å². The number of hydrogen-bond donors (Lipinski definition) is 3. The molecule has 0 aliphatic heterocycles. The third-order valence-corrected chi connectivity index (χ3v) is 5.95. The summed E-state index contributed by atoms with van der Waals surface area (Å²) in [7, 11) is 4.10. The number of esters is 1. The second-order valence-electron chi connectivity index (χ2n) is 7.95. The Morgan fingerprint density at radius 2 is 1.64 bits per heavy atom. The van der Waals surface area contributed by atoms with Crippen LogP contribution in [0.25, 0.3) is 22.3 Å². The number of rotatable bonds is 7. The van der Waals surface area contributed by atoms with Gasteiger partial charge in [-0.05, 0) is 18.2 Å². The number of phenols is 3. The largest absolute Gasteiger partial charge is 0.504 e. The Balaban J connectivity index is 2.13. The number of aromatic hydroxyl groups is 3. The number of carbonyl (C=O) groups excluding carboxylic acids is 1. The lowest BCUT2D eigenvalue weighted by molar-refractivity contribution is -0.140. The fraction of sp³-hybridized carbons (Fsp3) is 0.185. The van der Waals surface area contributed by atoms with Crippen LogP contribution < -0.4 is 14.9 Å². The molecule has 9 heteroatoms. The number of benzene rings is 3. The average Bonchev–Trinajstić information content (AvgIpc) is 2.90. The summed E-state index contributed by atoms with van der Waals surface area (Å²) in [5.41, 5.74) is -0.00618. The summed E-state index contributed by atoms with van der Waals surface area (Å²) in [5, 5.41) is 31.8. The summed E-state index contributed by atoms with van der Waals surface area (Å²) >= 11 is 0. The van der Waals surface area contributed by atoms with E-state index in [0.29, 0.717) is 22.6 Å². The first-order valence-corrected chi connectivity index (χ1v) is 10.9. The van der Waals surface area contributed by atoms with E-state index >= 15 is 0 Å². The van der Waals surface area contributed by atoms with Crippen molar-refractivity contribution in [3.63, 3.8) is 0 Å². The highest BCUT2D eigenvalue weighted by Gasteiger charge is 2.33. The van der Waals surface area contributed by atoms with E-state index in [-0.39, 0.29) is 28.7 Å². The standard InChI is InChI=1S/C27H24O9/c1-33-15-9-10-19(34-2)16(11-15)17(12-21(29)35-3)22-24(30)26(32)25(31)23-18(28)13-20(36-27(22)23)14-7-5-4-6-8-14/h4-11,13,17,30-32H,12H2,1-3H3/t17-/m1/s1. The topological polar surface area (TPSA) is 136 Å². The number of methoxy groups -OCH3 is 3. The Morgan fingerprint density at radius 3 is 2.28 bits per heavy atom. The molecule has 0 bridgehead atoms. The predicted molar refractivity (Wildman–Crippen MR) is 131 cm³/mol. The van der Waals surface area contributed by atoms with Crippen molar-refractivity contribution in [3.05, 3.63) is 75.9 Å². The Labute approximate surface area is 205 Å². The van der Waals surface area contributed by atoms with Crippen molar-refractivity contribution in [2.24, 2.45) is 0 Å². The van der Waals surface area contributed by atoms with Crippen LogP contribution in [0.5, 0.6) is 28.7 Å². The Kier molecular flexibility index (Phi) is 6.73. The number of hydrogen-bond acceptors (Lipinski definition) is 9. The molecule has 4 aromatic rings. The smallest absolute Gasteiger partial charge is 0.306 e. The zero-order chi connectivity index (χ0) is 26.0. The SMILES string of the molecule is COC(=O)C[C@H](c1cc(OC)ccc1OC)c1c(O)c(O)c(O)c2c(=O)cc(-c3ccccc3)oc12. The van der Waals surface area contributed by atoms with Crippen molar-refractivity contribution in [1.29, 1.82) is 0 Å². The monoisotopic (exact) mass is 492 g/mol. The van der Waals surface area contributed by atoms with E-state index in [4.69, 9.17) is 18.6 Å². The van der Waals surface area contributed by atoms with E-state index in [1.807, 2.05) is 0 Å². The average molecular weight is 492 g/mol. The lowest BCUT2D eigenvalue weighted by Crippen LogP contribution is -2.13. The van der Waals surface area contributed by atoms with Crippen molar-refractivity contribution in [2.45, 2.75) is 12.3 Å². The van der Waals surface area contributed by atoms with Crippen LogP contribution in [-0.2, 0) is 9.53 Å². The van der Waals surface area contributed by atoms with Crippen molar-refractivity contribution in [3.8, 4) is 40.1 Å². The molecule has 1 atom stereocenters. The normalized spacial score (nSPS) is 11.8. The number of phenolic OH excluding ortho intramolecular Hbond substituents is 3. The van der Waals surface area contributed by atoms with Crippen molar-refractivity contribution in [1.82, 2.24) is 0 Å². The first-order valence-electron chi connectivity index (χ1n) is 10.9. The van der Waals surface area contributed by atoms with Crippen molar-refractivity contribution < 1.29 is 38.7 Å². The van der Waals surface area contributed by atoms with Gasteiger partial charge in [-0.2, -0.15) is 0 Å². The van der Waals surface area contributed by atoms with Gasteiger partial charge in [0.2, 0.25) is 5.75 Å². The van der Waals surface area contributed by atoms with E-state index in [1.54, 1.807) is 48.5 Å². The second kappa shape index (κ2) is 9.91. The zero-order valence-electron chi connectivity index (χ0n) is 19.8. The summed E-state index contributed by atoms with van der Waals surface area (Å²) in [6.45, 7) is 0. The fourth-order valence-corrected chi connectivity index (χ4v) is 4.17. The Morgan fingerprint density at radius 1 is 0.917 bits per heavy atom. The van der Waals surface area contributed by atoms with E-state index in [1.165, 1.54) is 27.4 Å². The van der Waals surface area contributed by atoms with Gasteiger partial charge in [0.05, 0.1) is 27.8 Å². The Bertz CT molecular complexity index is 1490. The molecule has 0 radical (unpaired) electrons. The van der Waals surface area contributed by atoms with Crippen molar-refractivity contribution >= 4 is 16.9 Å². The molecule has 0 spiro atoms. The van der Waals surface area contributed by atoms with Crippen LogP contribution in [0.2, 0.25) is 0 Å². The minimum absolute atomic E-state index is 0.105. The lowest BCUT2D eigenvalue weighted by Gasteiger charge is -2.23. The van der Waals surface area contributed by atoms with Crippen molar-refractivity contribution in [2.75, 3.05) is 21.3 Å². The molecule has 0 amide bonds. The maximum absolute atomic E-state index is 13.1. The molecule has 3 aromatic carbocycles. The zero-order valence-corrected chi connectivity index (χ0v) is 19.8. The van der Waals surface area contributed by atoms with Crippen LogP contribution in [0, 0.1) is 0 Å². The third-order valence-electron chi connectivity index (χ3n) is 5.95. The van der Waals surface area contributed by atoms with Crippen LogP contribution in [0.4, 0.5) is 0 Å². The van der Waals surface area contributed by atoms with Gasteiger partial charge in [0.25, 0.3) is 0 Å². The van der Waals surface area contributed by atoms with Gasteiger partial charge in [-0.15, -0.1) is 0 Å². The van der Waals surface area contributed by atoms with Gasteiger partial charge in [0.1, 0.15) is 28.2 Å². The number of fused-ring (bicyclic) bond motifs is 1. The predicted octanol–water partition coefficient (Wildman–Crippen LogP) is 4.29. The number of ether oxygens (including phenoxy) is 3. The second-order valence-corrected chi connectivity index (χ2v) is 7.95. The fourth-order valence-electron chi connectivity index (χ4n) is 4.17. The van der Waals surface area contributed by atoms with Gasteiger partial charge in [-0.1, -0.05) is 30.3 Å². The molecule has 3 N–H and O–H groups in total. The van der Waals surface area contributed by atoms with Gasteiger partial charge in [-0.25, -0.2) is 0 Å². The van der Waals surface area contributed by atoms with E-state index < -0.39 is 34.6 Å². The molecular weight excluding hydrogens is 468 g/mol. The third kappa shape index (κ3) is 4.26. The summed E-state index contributed by atoms with van der Waals surface area (Å²) in [6.07, 6.45) is -0.327. The molecule has 186 valence electrons. The summed E-state index contributed by atoms with van der Waals surface area (Å²) in [4.78, 5) is 25.6. The molecule has 0 saturated heterocycles. The summed E-state index contributed by atoms with van der Waals surface area (Å²) < 4.78 is 21.8. The molecule has 36 heavy (non-hydrogen) atoms. The maximum Gasteiger partial charge on any atom is 0.306 e. The quantitative estimate of drug-likeness (QED) is 0.255. The number of carbonyl (C=O) groups is 1. The highest BCUT2D eigenvalue weighted by Crippen LogP contribution is 2.50. The molecular formula is C27H24O9. The van der Waals surface area contributed by atoms with Gasteiger partial charge in [0, 0.05) is 28.7 Å². The lowest BCUT2D eigenvalue weighted by atomic mass is 9.85. The van der Waals surface area contributed by atoms with Gasteiger partial charge >= 0.3 is 5.97 Å². The molecule has 1 aromatic heterocycles. The van der Waals surface area contributed by atoms with E-state index in [9.17, 15) is 24.9 Å². The summed E-state index contributed by atoms with van der Waals surface area (Å²) in [5.74, 6) is -3.27. The molecule has 0 aliphatic rings. The molecule has 4 rings (SSSR count). The summed E-state index contributed by atoms with van der Waals surface area (Å²) in [6, 6.07) is 14.8. The van der Waals surface area contributed by atoms with Crippen LogP contribution in [0.1, 0.15) is 23.5 Å². The minimum Gasteiger partial charge on any atom is -0.504 e. The highest BCUT2D eigenvalue weighted by atomic mass is 16.5. The van der Waals surface area contributed by atoms with Gasteiger partial charge in [0.15, 0.2) is 16.9 Å². The van der Waals surface area contributed by atoms with Gasteiger partial charge < -0.3 is 33.9 Å². The van der Waals surface area contributed by atoms with Crippen LogP contribution in [-0.4, -0.2) is 42.6 Å². The molecule has 1 heterocycles. The molecule has 0 fully saturated rings. The molecule has 0 unspecified atom stereocenters. The van der Waals surface area contributed by atoms with E-state index in [0.717, 1.165) is 0 Å². The molecule has 0 aliphatic carbocycles. The van der Waals surface area contributed by atoms with Crippen LogP contribution >= 0.6 is 0 Å².